The molecule has 2 N–H and O–H groups in total. The van der Waals surface area contributed by atoms with E-state index in [1.807, 2.05) is 30.3 Å². The zero-order valence-electron chi connectivity index (χ0n) is 12.0. The zero-order chi connectivity index (χ0) is 14.3. The summed E-state index contributed by atoms with van der Waals surface area (Å²) in [5.41, 5.74) is 6.15. The highest BCUT2D eigenvalue weighted by molar-refractivity contribution is 5.31. The maximum Gasteiger partial charge on any atom is 0.142 e. The molecule has 0 saturated carbocycles. The molecule has 104 valence electrons. The molecule has 0 aliphatic heterocycles. The van der Waals surface area contributed by atoms with Gasteiger partial charge < -0.3 is 10.5 Å². The third-order valence-electron chi connectivity index (χ3n) is 3.25. The first kappa shape index (κ1) is 15.6. The molecule has 4 nitrogen and oxygen atoms in total. The summed E-state index contributed by atoms with van der Waals surface area (Å²) in [5.74, 6) is 0. The van der Waals surface area contributed by atoms with Gasteiger partial charge >= 0.3 is 0 Å². The Labute approximate surface area is 115 Å². The van der Waals surface area contributed by atoms with Crippen LogP contribution >= 0.6 is 0 Å². The molecule has 0 aliphatic carbocycles. The summed E-state index contributed by atoms with van der Waals surface area (Å²) in [7, 11) is 1.68. The molecular weight excluding hydrogens is 238 g/mol. The Hall–Kier alpha value is -1.41. The number of hydrogen-bond acceptors (Lipinski definition) is 4. The largest absolute Gasteiger partial charge is 0.383 e. The van der Waals surface area contributed by atoms with Gasteiger partial charge in [0.05, 0.1) is 12.7 Å². The molecule has 19 heavy (non-hydrogen) atoms. The first-order chi connectivity index (χ1) is 9.03. The number of nitrogens with two attached hydrogens (primary N) is 1. The number of nitriles is 1. The summed E-state index contributed by atoms with van der Waals surface area (Å²) < 4.78 is 5.11. The third kappa shape index (κ3) is 4.32. The van der Waals surface area contributed by atoms with Gasteiger partial charge in [0.25, 0.3) is 0 Å². The first-order valence-electron chi connectivity index (χ1n) is 6.52. The van der Waals surface area contributed by atoms with Crippen LogP contribution in [0.5, 0.6) is 0 Å². The molecule has 0 saturated heterocycles. The smallest absolute Gasteiger partial charge is 0.142 e. The predicted molar refractivity (Wildman–Crippen MR) is 76.5 cm³/mol. The average molecular weight is 261 g/mol. The molecule has 4 heteroatoms. The summed E-state index contributed by atoms with van der Waals surface area (Å²) in [4.78, 5) is 2.17. The van der Waals surface area contributed by atoms with E-state index in [0.29, 0.717) is 19.2 Å². The Balaban J connectivity index is 2.87. The third-order valence-corrected chi connectivity index (χ3v) is 3.25. The normalized spacial score (nSPS) is 14.4. The highest BCUT2D eigenvalue weighted by Crippen LogP contribution is 2.19. The van der Waals surface area contributed by atoms with Gasteiger partial charge in [-0.15, -0.1) is 0 Å². The van der Waals surface area contributed by atoms with Crippen LogP contribution in [0.2, 0.25) is 0 Å². The van der Waals surface area contributed by atoms with Gasteiger partial charge in [-0.25, -0.2) is 0 Å². The van der Waals surface area contributed by atoms with Crippen molar-refractivity contribution >= 4 is 0 Å². The van der Waals surface area contributed by atoms with Crippen molar-refractivity contribution in [1.82, 2.24) is 4.90 Å². The fourth-order valence-corrected chi connectivity index (χ4v) is 1.98. The number of ether oxygens (including phenoxy) is 1. The monoisotopic (exact) mass is 261 g/mol. The van der Waals surface area contributed by atoms with Crippen molar-refractivity contribution in [2.45, 2.75) is 25.4 Å². The summed E-state index contributed by atoms with van der Waals surface area (Å²) in [6, 6.07) is 12.1. The molecule has 0 fully saturated rings. The lowest BCUT2D eigenvalue weighted by Gasteiger charge is -2.33. The number of nitrogens with zero attached hydrogens (tertiary/aromatic N) is 2. The van der Waals surface area contributed by atoms with Crippen LogP contribution in [0, 0.1) is 11.3 Å². The minimum absolute atomic E-state index is 0.315. The highest BCUT2D eigenvalue weighted by atomic mass is 16.5. The Bertz CT molecular complexity index is 413. The SMILES string of the molecule is COCCN(CC(N)(C#N)c1ccccc1)C(C)C. The molecule has 1 unspecified atom stereocenters. The van der Waals surface area contributed by atoms with E-state index >= 15 is 0 Å². The summed E-state index contributed by atoms with van der Waals surface area (Å²) in [6.45, 7) is 6.08. The van der Waals surface area contributed by atoms with Gasteiger partial charge in [-0.3, -0.25) is 4.90 Å². The molecule has 0 heterocycles. The Morgan fingerprint density at radius 1 is 1.37 bits per heavy atom. The van der Waals surface area contributed by atoms with Crippen molar-refractivity contribution in [3.05, 3.63) is 35.9 Å². The number of hydrogen-bond donors (Lipinski definition) is 1. The van der Waals surface area contributed by atoms with Crippen molar-refractivity contribution < 1.29 is 4.74 Å². The molecule has 0 aliphatic rings. The van der Waals surface area contributed by atoms with E-state index < -0.39 is 5.54 Å². The Morgan fingerprint density at radius 2 is 2.00 bits per heavy atom. The van der Waals surface area contributed by atoms with Crippen LogP contribution in [-0.2, 0) is 10.3 Å². The fourth-order valence-electron chi connectivity index (χ4n) is 1.98. The van der Waals surface area contributed by atoms with Crippen LogP contribution in [-0.4, -0.2) is 37.7 Å². The molecule has 0 spiro atoms. The topological polar surface area (TPSA) is 62.3 Å². The Morgan fingerprint density at radius 3 is 2.47 bits per heavy atom. The standard InChI is InChI=1S/C15H23N3O/c1-13(2)18(9-10-19-3)12-15(17,11-16)14-7-5-4-6-8-14/h4-8,13H,9-10,12,17H2,1-3H3. The lowest BCUT2D eigenvalue weighted by Crippen LogP contribution is -2.49. The van der Waals surface area contributed by atoms with Crippen molar-refractivity contribution in [3.8, 4) is 6.07 Å². The number of rotatable bonds is 7. The van der Waals surface area contributed by atoms with Gasteiger partial charge in [-0.1, -0.05) is 30.3 Å². The van der Waals surface area contributed by atoms with Gasteiger partial charge in [0, 0.05) is 26.2 Å². The van der Waals surface area contributed by atoms with Crippen LogP contribution in [0.25, 0.3) is 0 Å². The van der Waals surface area contributed by atoms with Crippen LogP contribution in [0.15, 0.2) is 30.3 Å². The number of methoxy groups -OCH3 is 1. The zero-order valence-corrected chi connectivity index (χ0v) is 12.0. The molecule has 1 aromatic carbocycles. The van der Waals surface area contributed by atoms with Gasteiger partial charge in [-0.05, 0) is 19.4 Å². The van der Waals surface area contributed by atoms with Gasteiger partial charge in [0.2, 0.25) is 0 Å². The molecule has 1 atom stereocenters. The Kier molecular flexibility index (Phi) is 5.97. The van der Waals surface area contributed by atoms with Crippen molar-refractivity contribution in [3.63, 3.8) is 0 Å². The molecule has 0 bridgehead atoms. The second kappa shape index (κ2) is 7.25. The van der Waals surface area contributed by atoms with E-state index in [1.54, 1.807) is 7.11 Å². The van der Waals surface area contributed by atoms with Crippen LogP contribution in [0.1, 0.15) is 19.4 Å². The second-order valence-corrected chi connectivity index (χ2v) is 5.01. The van der Waals surface area contributed by atoms with E-state index in [4.69, 9.17) is 10.5 Å². The molecular formula is C15H23N3O. The van der Waals surface area contributed by atoms with Crippen molar-refractivity contribution in [1.29, 1.82) is 5.26 Å². The number of benzene rings is 1. The van der Waals surface area contributed by atoms with Crippen LogP contribution < -0.4 is 5.73 Å². The second-order valence-electron chi connectivity index (χ2n) is 5.01. The van der Waals surface area contributed by atoms with Gasteiger partial charge in [-0.2, -0.15) is 5.26 Å². The van der Waals surface area contributed by atoms with E-state index in [0.717, 1.165) is 12.1 Å². The molecule has 0 aromatic heterocycles. The fraction of sp³-hybridized carbons (Fsp3) is 0.533. The van der Waals surface area contributed by atoms with Crippen LogP contribution in [0.4, 0.5) is 0 Å². The van der Waals surface area contributed by atoms with E-state index in [-0.39, 0.29) is 0 Å². The van der Waals surface area contributed by atoms with Crippen molar-refractivity contribution in [2.75, 3.05) is 26.8 Å². The maximum atomic E-state index is 9.46. The lowest BCUT2D eigenvalue weighted by molar-refractivity contribution is 0.117. The van der Waals surface area contributed by atoms with E-state index in [2.05, 4.69) is 24.8 Å². The molecule has 0 radical (unpaired) electrons. The summed E-state index contributed by atoms with van der Waals surface area (Å²) in [6.07, 6.45) is 0. The maximum absolute atomic E-state index is 9.46. The first-order valence-corrected chi connectivity index (χ1v) is 6.52. The van der Waals surface area contributed by atoms with Crippen LogP contribution in [0.3, 0.4) is 0 Å². The minimum atomic E-state index is -0.987. The van der Waals surface area contributed by atoms with E-state index in [1.165, 1.54) is 0 Å². The summed E-state index contributed by atoms with van der Waals surface area (Å²) >= 11 is 0. The lowest BCUT2D eigenvalue weighted by atomic mass is 9.91. The quantitative estimate of drug-likeness (QED) is 0.812. The van der Waals surface area contributed by atoms with E-state index in [9.17, 15) is 5.26 Å². The van der Waals surface area contributed by atoms with Gasteiger partial charge in [0.1, 0.15) is 5.54 Å². The average Bonchev–Trinajstić information content (AvgIpc) is 2.43. The predicted octanol–water partition coefficient (Wildman–Crippen LogP) is 1.72. The van der Waals surface area contributed by atoms with Crippen molar-refractivity contribution in [2.24, 2.45) is 5.73 Å². The highest BCUT2D eigenvalue weighted by Gasteiger charge is 2.30. The van der Waals surface area contributed by atoms with Gasteiger partial charge in [0.15, 0.2) is 0 Å². The molecule has 1 aromatic rings. The molecule has 1 rings (SSSR count). The molecule has 0 amide bonds. The minimum Gasteiger partial charge on any atom is -0.383 e. The summed E-state index contributed by atoms with van der Waals surface area (Å²) in [5, 5.41) is 9.46.